The summed E-state index contributed by atoms with van der Waals surface area (Å²) in [5, 5.41) is 12.6. The number of alkyl halides is 3. The lowest BCUT2D eigenvalue weighted by atomic mass is 9.72. The number of halogens is 4. The van der Waals surface area contributed by atoms with Crippen molar-refractivity contribution in [3.63, 3.8) is 0 Å². The van der Waals surface area contributed by atoms with Crippen LogP contribution in [0.1, 0.15) is 49.1 Å². The molecular weight excluding hydrogens is 434 g/mol. The SMILES string of the molecule is Cc1cc2c(CCC(O)(CC(C)(C)c3cc(F)cc4c3OCC4)C(F)(F)F)cccc2cn1. The largest absolute Gasteiger partial charge is 0.493 e. The standard InChI is InChI=1S/C26H27F4NO2/c1-16-11-21-17(5-4-6-19(21)14-31-16)7-9-25(32,26(28,29)30)15-24(2,3)22-13-20(27)12-18-8-10-33-23(18)22/h4-6,11-14,32H,7-10,15H2,1-3H3. The number of aromatic nitrogens is 1. The van der Waals surface area contributed by atoms with Crippen LogP contribution in [0.4, 0.5) is 17.6 Å². The molecule has 4 rings (SSSR count). The van der Waals surface area contributed by atoms with E-state index in [4.69, 9.17) is 4.74 Å². The molecule has 0 bridgehead atoms. The number of benzene rings is 2. The van der Waals surface area contributed by atoms with Crippen molar-refractivity contribution in [3.8, 4) is 5.75 Å². The summed E-state index contributed by atoms with van der Waals surface area (Å²) >= 11 is 0. The zero-order valence-electron chi connectivity index (χ0n) is 18.9. The molecular formula is C26H27F4NO2. The molecule has 3 nitrogen and oxygen atoms in total. The Morgan fingerprint density at radius 2 is 1.88 bits per heavy atom. The fourth-order valence-electron chi connectivity index (χ4n) is 4.83. The third-order valence-corrected chi connectivity index (χ3v) is 6.54. The maximum absolute atomic E-state index is 14.2. The topological polar surface area (TPSA) is 42.4 Å². The van der Waals surface area contributed by atoms with Gasteiger partial charge in [0.2, 0.25) is 0 Å². The minimum atomic E-state index is -4.86. The zero-order chi connectivity index (χ0) is 24.0. The lowest BCUT2D eigenvalue weighted by Gasteiger charge is -2.38. The quantitative estimate of drug-likeness (QED) is 0.444. The number of pyridine rings is 1. The molecule has 0 spiro atoms. The maximum Gasteiger partial charge on any atom is 0.417 e. The first-order valence-electron chi connectivity index (χ1n) is 11.0. The molecule has 0 aliphatic carbocycles. The Morgan fingerprint density at radius 1 is 1.12 bits per heavy atom. The van der Waals surface area contributed by atoms with Gasteiger partial charge in [-0.1, -0.05) is 32.0 Å². The zero-order valence-corrected chi connectivity index (χ0v) is 18.9. The van der Waals surface area contributed by atoms with Gasteiger partial charge in [0.05, 0.1) is 6.61 Å². The van der Waals surface area contributed by atoms with Gasteiger partial charge in [0, 0.05) is 34.8 Å². The number of aliphatic hydroxyl groups is 1. The van der Waals surface area contributed by atoms with E-state index in [-0.39, 0.29) is 6.42 Å². The van der Waals surface area contributed by atoms with Gasteiger partial charge in [-0.25, -0.2) is 4.39 Å². The van der Waals surface area contributed by atoms with E-state index in [0.717, 1.165) is 16.5 Å². The van der Waals surface area contributed by atoms with Crippen molar-refractivity contribution in [1.82, 2.24) is 4.98 Å². The summed E-state index contributed by atoms with van der Waals surface area (Å²) in [6.45, 7) is 5.37. The van der Waals surface area contributed by atoms with Gasteiger partial charge in [-0.2, -0.15) is 13.2 Å². The van der Waals surface area contributed by atoms with E-state index < -0.39 is 35.9 Å². The van der Waals surface area contributed by atoms with Gasteiger partial charge in [-0.05, 0) is 60.7 Å². The Labute approximate surface area is 190 Å². The van der Waals surface area contributed by atoms with Gasteiger partial charge in [0.25, 0.3) is 0 Å². The highest BCUT2D eigenvalue weighted by Gasteiger charge is 2.55. The predicted octanol–water partition coefficient (Wildman–Crippen LogP) is 6.21. The van der Waals surface area contributed by atoms with Crippen molar-refractivity contribution in [2.75, 3.05) is 6.61 Å². The Hall–Kier alpha value is -2.67. The van der Waals surface area contributed by atoms with E-state index in [9.17, 15) is 22.7 Å². The molecule has 1 unspecified atom stereocenters. The molecule has 0 amide bonds. The van der Waals surface area contributed by atoms with E-state index in [1.807, 2.05) is 19.1 Å². The fraction of sp³-hybridized carbons (Fsp3) is 0.423. The van der Waals surface area contributed by atoms with Crippen LogP contribution in [0, 0.1) is 12.7 Å². The second-order valence-corrected chi connectivity index (χ2v) is 9.59. The number of ether oxygens (including phenoxy) is 1. The van der Waals surface area contributed by atoms with Crippen LogP contribution in [0.2, 0.25) is 0 Å². The predicted molar refractivity (Wildman–Crippen MR) is 119 cm³/mol. The monoisotopic (exact) mass is 461 g/mol. The third kappa shape index (κ3) is 4.56. The summed E-state index contributed by atoms with van der Waals surface area (Å²) < 4.78 is 62.5. The van der Waals surface area contributed by atoms with Crippen molar-refractivity contribution in [1.29, 1.82) is 0 Å². The second-order valence-electron chi connectivity index (χ2n) is 9.59. The molecule has 1 aromatic heterocycles. The van der Waals surface area contributed by atoms with Crippen LogP contribution in [-0.2, 0) is 18.3 Å². The summed E-state index contributed by atoms with van der Waals surface area (Å²) in [4.78, 5) is 4.24. The number of rotatable bonds is 6. The van der Waals surface area contributed by atoms with Gasteiger partial charge in [-0.15, -0.1) is 0 Å². The van der Waals surface area contributed by atoms with Crippen LogP contribution in [0.25, 0.3) is 10.8 Å². The van der Waals surface area contributed by atoms with Crippen LogP contribution in [0.5, 0.6) is 5.75 Å². The van der Waals surface area contributed by atoms with Gasteiger partial charge >= 0.3 is 6.18 Å². The smallest absolute Gasteiger partial charge is 0.417 e. The van der Waals surface area contributed by atoms with Crippen LogP contribution < -0.4 is 4.74 Å². The van der Waals surface area contributed by atoms with E-state index >= 15 is 0 Å². The van der Waals surface area contributed by atoms with Crippen molar-refractivity contribution < 1.29 is 27.4 Å². The molecule has 1 N–H and O–H groups in total. The van der Waals surface area contributed by atoms with Crippen molar-refractivity contribution >= 4 is 10.8 Å². The highest BCUT2D eigenvalue weighted by Crippen LogP contribution is 2.47. The maximum atomic E-state index is 14.2. The second kappa shape index (κ2) is 8.28. The molecule has 2 aromatic carbocycles. The van der Waals surface area contributed by atoms with E-state index in [0.29, 0.717) is 35.5 Å². The minimum Gasteiger partial charge on any atom is -0.493 e. The molecule has 176 valence electrons. The van der Waals surface area contributed by atoms with Gasteiger partial charge in [0.15, 0.2) is 5.60 Å². The number of fused-ring (bicyclic) bond motifs is 2. The number of hydrogen-bond acceptors (Lipinski definition) is 3. The van der Waals surface area contributed by atoms with Crippen molar-refractivity contribution in [2.24, 2.45) is 0 Å². The van der Waals surface area contributed by atoms with Crippen molar-refractivity contribution in [3.05, 3.63) is 70.8 Å². The summed E-state index contributed by atoms with van der Waals surface area (Å²) in [6, 6.07) is 9.83. The fourth-order valence-corrected chi connectivity index (χ4v) is 4.83. The van der Waals surface area contributed by atoms with Gasteiger partial charge in [-0.3, -0.25) is 4.98 Å². The molecule has 33 heavy (non-hydrogen) atoms. The average Bonchev–Trinajstić information content (AvgIpc) is 3.18. The average molecular weight is 461 g/mol. The summed E-state index contributed by atoms with van der Waals surface area (Å²) in [5.41, 5.74) is -1.66. The summed E-state index contributed by atoms with van der Waals surface area (Å²) in [7, 11) is 0. The van der Waals surface area contributed by atoms with Crippen LogP contribution in [0.15, 0.2) is 42.6 Å². The molecule has 0 radical (unpaired) electrons. The molecule has 0 fully saturated rings. The number of aryl methyl sites for hydroxylation is 2. The Kier molecular flexibility index (Phi) is 5.89. The highest BCUT2D eigenvalue weighted by molar-refractivity contribution is 5.85. The number of nitrogens with zero attached hydrogens (tertiary/aromatic N) is 1. The van der Waals surface area contributed by atoms with E-state index in [1.165, 1.54) is 12.1 Å². The molecule has 0 saturated heterocycles. The molecule has 1 aliphatic rings. The summed E-state index contributed by atoms with van der Waals surface area (Å²) in [5.74, 6) is -0.0828. The van der Waals surface area contributed by atoms with Gasteiger partial charge in [0.1, 0.15) is 11.6 Å². The molecule has 3 aromatic rings. The number of hydrogen-bond donors (Lipinski definition) is 1. The Balaban J connectivity index is 1.66. The van der Waals surface area contributed by atoms with E-state index in [2.05, 4.69) is 4.98 Å². The minimum absolute atomic E-state index is 0.0324. The van der Waals surface area contributed by atoms with E-state index in [1.54, 1.807) is 32.2 Å². The van der Waals surface area contributed by atoms with Crippen LogP contribution in [0.3, 0.4) is 0 Å². The Morgan fingerprint density at radius 3 is 2.61 bits per heavy atom. The highest BCUT2D eigenvalue weighted by atomic mass is 19.4. The first-order chi connectivity index (χ1) is 15.4. The van der Waals surface area contributed by atoms with Gasteiger partial charge < -0.3 is 9.84 Å². The lowest BCUT2D eigenvalue weighted by molar-refractivity contribution is -0.269. The molecule has 7 heteroatoms. The lowest BCUT2D eigenvalue weighted by Crippen LogP contribution is -2.49. The van der Waals surface area contributed by atoms with Crippen LogP contribution in [-0.4, -0.2) is 28.5 Å². The normalized spacial score (nSPS) is 15.9. The summed E-state index contributed by atoms with van der Waals surface area (Å²) in [6.07, 6.45) is -3.76. The van der Waals surface area contributed by atoms with Crippen molar-refractivity contribution in [2.45, 2.75) is 63.6 Å². The van der Waals surface area contributed by atoms with Crippen LogP contribution >= 0.6 is 0 Å². The first kappa shape index (κ1) is 23.5. The first-order valence-corrected chi connectivity index (χ1v) is 11.0. The molecule has 2 heterocycles. The Bertz CT molecular complexity index is 1190. The molecule has 1 aliphatic heterocycles. The third-order valence-electron chi connectivity index (χ3n) is 6.54. The molecule has 1 atom stereocenters. The molecule has 0 saturated carbocycles.